The van der Waals surface area contributed by atoms with Crippen molar-refractivity contribution in [1.82, 2.24) is 31.9 Å². The van der Waals surface area contributed by atoms with E-state index in [0.717, 1.165) is 19.1 Å². The Balaban J connectivity index is 1.99. The van der Waals surface area contributed by atoms with Crippen molar-refractivity contribution in [2.24, 2.45) is 0 Å². The van der Waals surface area contributed by atoms with Gasteiger partial charge in [0.05, 0.1) is 5.56 Å². The lowest BCUT2D eigenvalue weighted by molar-refractivity contribution is -0.139. The van der Waals surface area contributed by atoms with E-state index in [2.05, 4.69) is 31.9 Å². The minimum absolute atomic E-state index is 0.00736. The topological polar surface area (TPSA) is 327 Å². The van der Waals surface area contributed by atoms with Crippen LogP contribution >= 0.6 is 19.5 Å². The molecule has 20 nitrogen and oxygen atoms in total. The summed E-state index contributed by atoms with van der Waals surface area (Å²) in [4.78, 5) is 144. The molecule has 0 bridgehead atoms. The molecule has 0 saturated heterocycles. The predicted molar refractivity (Wildman–Crippen MR) is 226 cm³/mol. The third-order valence-corrected chi connectivity index (χ3v) is 10.4. The summed E-state index contributed by atoms with van der Waals surface area (Å²) in [6.45, 7) is 1.09. The highest BCUT2D eigenvalue weighted by Crippen LogP contribution is 2.47. The first-order valence-corrected chi connectivity index (χ1v) is 21.3. The number of carboxylic acid groups (broad SMARTS) is 2. The fourth-order valence-corrected chi connectivity index (χ4v) is 6.73. The maximum absolute atomic E-state index is 14.2. The molecule has 0 aliphatic heterocycles. The van der Waals surface area contributed by atoms with Gasteiger partial charge < -0.3 is 42.1 Å². The van der Waals surface area contributed by atoms with E-state index in [9.17, 15) is 68.0 Å². The Kier molecular flexibility index (Phi) is 19.7. The van der Waals surface area contributed by atoms with Crippen molar-refractivity contribution >= 4 is 72.5 Å². The van der Waals surface area contributed by atoms with Gasteiger partial charge in [0.1, 0.15) is 30.2 Å². The fraction of sp³-hybridized carbons (Fsp3) is 0.341. The zero-order valence-corrected chi connectivity index (χ0v) is 35.7. The summed E-state index contributed by atoms with van der Waals surface area (Å²) in [7, 11) is -3.56. The van der Waals surface area contributed by atoms with Gasteiger partial charge in [0.25, 0.3) is 0 Å². The first-order chi connectivity index (χ1) is 29.7. The Bertz CT molecular complexity index is 2120. The average molecular weight is 916 g/mol. The molecule has 0 spiro atoms. The summed E-state index contributed by atoms with van der Waals surface area (Å²) in [6.07, 6.45) is -2.54. The second kappa shape index (κ2) is 24.4. The molecule has 3 rings (SSSR count). The number of hydrogen-bond acceptors (Lipinski definition) is 12. The number of carbonyl (C=O) groups excluding carboxylic acids is 7. The Morgan fingerprint density at radius 2 is 0.889 bits per heavy atom. The van der Waals surface area contributed by atoms with Gasteiger partial charge in [-0.3, -0.25) is 38.4 Å². The van der Waals surface area contributed by atoms with Gasteiger partial charge in [0.15, 0.2) is 0 Å². The van der Waals surface area contributed by atoms with Gasteiger partial charge in [0, 0.05) is 51.1 Å². The third-order valence-electron chi connectivity index (χ3n) is 9.31. The van der Waals surface area contributed by atoms with Crippen LogP contribution in [0.25, 0.3) is 0 Å². The van der Waals surface area contributed by atoms with Crippen molar-refractivity contribution in [3.05, 3.63) is 106 Å². The fourth-order valence-electron chi connectivity index (χ4n) is 6.11. The van der Waals surface area contributed by atoms with Gasteiger partial charge in [0.2, 0.25) is 35.4 Å². The Labute approximate surface area is 366 Å². The average Bonchev–Trinajstić information content (AvgIpc) is 3.23. The van der Waals surface area contributed by atoms with Crippen LogP contribution in [0.15, 0.2) is 78.9 Å². The van der Waals surface area contributed by atoms with Gasteiger partial charge in [-0.15, -0.1) is 0 Å². The Hall–Kier alpha value is -6.31. The number of nitrogens with one attached hydrogen (secondary N) is 6. The molecule has 0 heterocycles. The van der Waals surface area contributed by atoms with Crippen LogP contribution in [0.1, 0.15) is 59.7 Å². The number of aliphatic carboxylic acids is 2. The van der Waals surface area contributed by atoms with Crippen molar-refractivity contribution in [2.75, 3.05) is 7.05 Å². The molecule has 11 N–H and O–H groups in total. The van der Waals surface area contributed by atoms with Crippen LogP contribution in [0, 0.1) is 0 Å². The Morgan fingerprint density at radius 1 is 0.524 bits per heavy atom. The van der Waals surface area contributed by atoms with Crippen LogP contribution in [0.2, 0.25) is 5.02 Å². The summed E-state index contributed by atoms with van der Waals surface area (Å²) >= 11 is 5.99. The van der Waals surface area contributed by atoms with Gasteiger partial charge in [-0.2, -0.15) is 14.7 Å². The molecule has 3 aromatic rings. The lowest BCUT2D eigenvalue weighted by Crippen LogP contribution is -2.60. The Morgan fingerprint density at radius 3 is 1.29 bits per heavy atom. The molecule has 5 atom stereocenters. The maximum Gasteiger partial charge on any atom is 0.483 e. The first kappa shape index (κ1) is 51.0. The number of benzene rings is 3. The zero-order chi connectivity index (χ0) is 46.9. The second-order valence-electron chi connectivity index (χ2n) is 14.3. The van der Waals surface area contributed by atoms with Gasteiger partial charge in [-0.1, -0.05) is 66.2 Å². The molecule has 0 fully saturated rings. The molecular weight excluding hydrogens is 867 g/mol. The van der Waals surface area contributed by atoms with E-state index in [1.54, 1.807) is 54.6 Å². The van der Waals surface area contributed by atoms with E-state index in [1.807, 2.05) is 0 Å². The minimum Gasteiger partial charge on any atom is -0.481 e. The summed E-state index contributed by atoms with van der Waals surface area (Å²) < 4.78 is 0. The molecule has 0 radical (unpaired) electrons. The molecule has 0 aromatic heterocycles. The number of halogens is 1. The van der Waals surface area contributed by atoms with E-state index in [0.29, 0.717) is 16.1 Å². The third kappa shape index (κ3) is 17.5. The highest BCUT2D eigenvalue weighted by atomic mass is 35.5. The van der Waals surface area contributed by atoms with E-state index in [1.165, 1.54) is 19.2 Å². The predicted octanol–water partition coefficient (Wildman–Crippen LogP) is 0.167. The second-order valence-corrected chi connectivity index (χ2v) is 16.3. The van der Waals surface area contributed by atoms with Crippen LogP contribution in [-0.4, -0.2) is 115 Å². The normalized spacial score (nSPS) is 13.4. The highest BCUT2D eigenvalue weighted by Gasteiger charge is 2.43. The van der Waals surface area contributed by atoms with Gasteiger partial charge >= 0.3 is 25.4 Å². The van der Waals surface area contributed by atoms with E-state index < -0.39 is 110 Å². The molecule has 0 saturated carbocycles. The van der Waals surface area contributed by atoms with Crippen molar-refractivity contribution in [3.8, 4) is 0 Å². The number of amides is 6. The van der Waals surface area contributed by atoms with E-state index >= 15 is 0 Å². The van der Waals surface area contributed by atoms with Crippen LogP contribution < -0.4 is 31.9 Å². The number of rotatable bonds is 24. The standard InChI is InChI=1S/C41H48ClN6O14P/c1-23(49)44-29(16-18-34(50)51)37(55)47-33(22-25-8-12-27(13-9-25)41(59)63(60,61)62)40(58)48-32(20-24-6-4-3-5-7-24)39(57)45-30(17-19-35(52)53)38(56)46-31(36(54)43-2)21-26-10-14-28(42)15-11-26/h3-15,29-33,60-62H,16-22H2,1-2H3,(H7-,43,44,45,46,47,48,49,50,51,52,53,54,55,56,57,58)/p+1/t29-,30-,31-,32-,33-/m0/s1. The van der Waals surface area contributed by atoms with E-state index in [4.69, 9.17) is 11.6 Å². The highest BCUT2D eigenvalue weighted by molar-refractivity contribution is 7.76. The monoisotopic (exact) mass is 915 g/mol. The SMILES string of the molecule is CNC(=O)[C@H](Cc1ccc(Cl)cc1)NC(=O)[C@H](CCC(=O)O)NC(=O)[C@H](Cc1ccccc1)NC(=O)[C@H](Cc1ccc(C(=O)[P+](O)(O)O)cc1)NC(=O)[C@H](CCC(=O)O)NC(C)=O. The van der Waals surface area contributed by atoms with Crippen molar-refractivity contribution < 1.29 is 68.0 Å². The van der Waals surface area contributed by atoms with Crippen LogP contribution in [0.4, 0.5) is 0 Å². The number of hydrogen-bond donors (Lipinski definition) is 11. The smallest absolute Gasteiger partial charge is 0.481 e. The summed E-state index contributed by atoms with van der Waals surface area (Å²) in [5, 5.41) is 34.1. The van der Waals surface area contributed by atoms with Crippen LogP contribution in [0.3, 0.4) is 0 Å². The van der Waals surface area contributed by atoms with E-state index in [-0.39, 0.29) is 36.8 Å². The van der Waals surface area contributed by atoms with Crippen molar-refractivity contribution in [2.45, 2.75) is 82.1 Å². The summed E-state index contributed by atoms with van der Waals surface area (Å²) in [5.41, 5.74) is -0.265. The molecule has 6 amide bonds. The van der Waals surface area contributed by atoms with Crippen molar-refractivity contribution in [1.29, 1.82) is 0 Å². The first-order valence-electron chi connectivity index (χ1n) is 19.3. The molecule has 63 heavy (non-hydrogen) atoms. The molecule has 0 aliphatic carbocycles. The molecule has 22 heteroatoms. The number of carboxylic acids is 2. The van der Waals surface area contributed by atoms with Gasteiger partial charge in [-0.05, 0) is 53.8 Å². The molecule has 3 aromatic carbocycles. The minimum atomic E-state index is -4.90. The van der Waals surface area contributed by atoms with Crippen LogP contribution in [0.5, 0.6) is 0 Å². The largest absolute Gasteiger partial charge is 0.483 e. The maximum atomic E-state index is 14.2. The molecule has 338 valence electrons. The molecule has 0 unspecified atom stereocenters. The lowest BCUT2D eigenvalue weighted by atomic mass is 10.0. The lowest BCUT2D eigenvalue weighted by Gasteiger charge is -2.27. The quantitative estimate of drug-likeness (QED) is 0.0534. The summed E-state index contributed by atoms with van der Waals surface area (Å²) in [6, 6.07) is 12.3. The zero-order valence-electron chi connectivity index (χ0n) is 34.1. The molecule has 0 aliphatic rings. The van der Waals surface area contributed by atoms with Crippen molar-refractivity contribution in [3.63, 3.8) is 0 Å². The number of carbonyl (C=O) groups is 9. The molecular formula is C41H49ClN6O14P+. The summed E-state index contributed by atoms with van der Waals surface area (Å²) in [5.74, 6) is -7.74. The van der Waals surface area contributed by atoms with Gasteiger partial charge in [-0.25, -0.2) is 4.79 Å². The number of likely N-dealkylation sites (N-methyl/N-ethyl adjacent to an activating group) is 1. The van der Waals surface area contributed by atoms with Crippen LogP contribution in [-0.2, 0) is 57.6 Å².